The number of halogens is 1. The molecule has 0 bridgehead atoms. The Balaban J connectivity index is 1.92. The van der Waals surface area contributed by atoms with Crippen molar-refractivity contribution in [3.05, 3.63) is 23.6 Å². The van der Waals surface area contributed by atoms with Crippen molar-refractivity contribution in [2.45, 2.75) is 32.6 Å². The fourth-order valence-electron chi connectivity index (χ4n) is 2.66. The first kappa shape index (κ1) is 14.8. The van der Waals surface area contributed by atoms with Crippen LogP contribution in [0, 0.1) is 17.7 Å². The third-order valence-electron chi connectivity index (χ3n) is 4.06. The smallest absolute Gasteiger partial charge is 0.254 e. The molecule has 0 radical (unpaired) electrons. The zero-order valence-electron chi connectivity index (χ0n) is 12.1. The van der Waals surface area contributed by atoms with Gasteiger partial charge in [0.25, 0.3) is 5.91 Å². The van der Waals surface area contributed by atoms with Crippen LogP contribution in [0.1, 0.15) is 43.0 Å². The highest BCUT2D eigenvalue weighted by atomic mass is 19.1. The molecule has 1 amide bonds. The summed E-state index contributed by atoms with van der Waals surface area (Å²) in [5, 5.41) is 5.48. The summed E-state index contributed by atoms with van der Waals surface area (Å²) >= 11 is 0. The maximum Gasteiger partial charge on any atom is 0.254 e. The van der Waals surface area contributed by atoms with Gasteiger partial charge in [-0.2, -0.15) is 0 Å². The minimum absolute atomic E-state index is 0.0496. The van der Waals surface area contributed by atoms with Crippen molar-refractivity contribution in [1.82, 2.24) is 10.3 Å². The van der Waals surface area contributed by atoms with Gasteiger partial charge in [0.15, 0.2) is 11.6 Å². The van der Waals surface area contributed by atoms with Gasteiger partial charge in [-0.1, -0.05) is 19.8 Å². The maximum atomic E-state index is 14.0. The Labute approximate surface area is 119 Å². The van der Waals surface area contributed by atoms with Crippen molar-refractivity contribution in [2.24, 2.45) is 11.8 Å². The Morgan fingerprint density at radius 3 is 2.75 bits per heavy atom. The minimum atomic E-state index is -0.593. The Morgan fingerprint density at radius 2 is 2.10 bits per heavy atom. The van der Waals surface area contributed by atoms with Crippen LogP contribution in [0.5, 0.6) is 0 Å². The van der Waals surface area contributed by atoms with Gasteiger partial charge in [-0.15, -0.1) is 0 Å². The van der Waals surface area contributed by atoms with E-state index >= 15 is 0 Å². The molecule has 5 heteroatoms. The quantitative estimate of drug-likeness (QED) is 0.891. The van der Waals surface area contributed by atoms with E-state index in [1.54, 1.807) is 7.05 Å². The van der Waals surface area contributed by atoms with Crippen molar-refractivity contribution < 1.29 is 9.18 Å². The van der Waals surface area contributed by atoms with Gasteiger partial charge < -0.3 is 10.6 Å². The first-order valence-corrected chi connectivity index (χ1v) is 7.22. The second-order valence-electron chi connectivity index (χ2n) is 5.61. The predicted octanol–water partition coefficient (Wildman–Crippen LogP) is 2.82. The van der Waals surface area contributed by atoms with Crippen LogP contribution in [0.2, 0.25) is 0 Å². The molecule has 20 heavy (non-hydrogen) atoms. The highest BCUT2D eigenvalue weighted by molar-refractivity contribution is 5.95. The summed E-state index contributed by atoms with van der Waals surface area (Å²) in [5.41, 5.74) is 0.0496. The number of carbonyl (C=O) groups is 1. The van der Waals surface area contributed by atoms with E-state index in [1.165, 1.54) is 25.1 Å². The number of amides is 1. The first-order valence-electron chi connectivity index (χ1n) is 7.22. The van der Waals surface area contributed by atoms with Crippen molar-refractivity contribution in [2.75, 3.05) is 18.9 Å². The van der Waals surface area contributed by atoms with Gasteiger partial charge in [0.05, 0.1) is 5.56 Å². The Bertz CT molecular complexity index is 470. The van der Waals surface area contributed by atoms with Crippen LogP contribution in [0.4, 0.5) is 10.2 Å². The molecule has 110 valence electrons. The Kier molecular flexibility index (Phi) is 4.93. The highest BCUT2D eigenvalue weighted by Gasteiger charge is 2.20. The van der Waals surface area contributed by atoms with Crippen molar-refractivity contribution in [3.63, 3.8) is 0 Å². The van der Waals surface area contributed by atoms with Crippen molar-refractivity contribution in [1.29, 1.82) is 0 Å². The average Bonchev–Trinajstić information content (AvgIpc) is 2.46. The fraction of sp³-hybridized carbons (Fsp3) is 0.600. The van der Waals surface area contributed by atoms with Crippen LogP contribution in [-0.4, -0.2) is 24.5 Å². The zero-order chi connectivity index (χ0) is 14.5. The Morgan fingerprint density at radius 1 is 1.40 bits per heavy atom. The van der Waals surface area contributed by atoms with E-state index in [2.05, 4.69) is 22.5 Å². The highest BCUT2D eigenvalue weighted by Crippen LogP contribution is 2.27. The van der Waals surface area contributed by atoms with E-state index in [0.29, 0.717) is 12.5 Å². The van der Waals surface area contributed by atoms with E-state index in [1.807, 2.05) is 0 Å². The lowest BCUT2D eigenvalue weighted by atomic mass is 9.83. The average molecular weight is 279 g/mol. The SMILES string of the molecule is CNc1nccc(C(=O)NCC2CCC(C)CC2)c1F. The van der Waals surface area contributed by atoms with E-state index in [4.69, 9.17) is 0 Å². The summed E-state index contributed by atoms with van der Waals surface area (Å²) in [4.78, 5) is 15.9. The van der Waals surface area contributed by atoms with E-state index in [-0.39, 0.29) is 17.3 Å². The number of hydrogen-bond acceptors (Lipinski definition) is 3. The van der Waals surface area contributed by atoms with Crippen LogP contribution >= 0.6 is 0 Å². The molecule has 0 aromatic carbocycles. The van der Waals surface area contributed by atoms with E-state index < -0.39 is 5.82 Å². The standard InChI is InChI=1S/C15H22FN3O/c1-10-3-5-11(6-4-10)9-19-15(20)12-7-8-18-14(17-2)13(12)16/h7-8,10-11H,3-6,9H2,1-2H3,(H,17,18)(H,19,20). The largest absolute Gasteiger partial charge is 0.371 e. The van der Waals surface area contributed by atoms with Gasteiger partial charge in [0.1, 0.15) is 0 Å². The van der Waals surface area contributed by atoms with Crippen LogP contribution in [0.3, 0.4) is 0 Å². The number of pyridine rings is 1. The number of carbonyl (C=O) groups excluding carboxylic acids is 1. The molecule has 1 saturated carbocycles. The molecule has 1 aromatic heterocycles. The number of rotatable bonds is 4. The van der Waals surface area contributed by atoms with Crippen molar-refractivity contribution in [3.8, 4) is 0 Å². The van der Waals surface area contributed by atoms with Crippen LogP contribution in [0.15, 0.2) is 12.3 Å². The topological polar surface area (TPSA) is 54.0 Å². The molecule has 4 nitrogen and oxygen atoms in total. The number of aromatic nitrogens is 1. The van der Waals surface area contributed by atoms with Gasteiger partial charge in [-0.3, -0.25) is 4.79 Å². The lowest BCUT2D eigenvalue weighted by Crippen LogP contribution is -2.31. The summed E-state index contributed by atoms with van der Waals surface area (Å²) in [5.74, 6) is 0.454. The molecule has 1 aliphatic rings. The number of hydrogen-bond donors (Lipinski definition) is 2. The van der Waals surface area contributed by atoms with Crippen LogP contribution in [0.25, 0.3) is 0 Å². The summed E-state index contributed by atoms with van der Waals surface area (Å²) < 4.78 is 14.0. The summed E-state index contributed by atoms with van der Waals surface area (Å²) in [6.45, 7) is 2.89. The van der Waals surface area contributed by atoms with Gasteiger partial charge in [0.2, 0.25) is 0 Å². The maximum absolute atomic E-state index is 14.0. The lowest BCUT2D eigenvalue weighted by Gasteiger charge is -2.26. The van der Waals surface area contributed by atoms with Gasteiger partial charge in [-0.05, 0) is 30.7 Å². The predicted molar refractivity (Wildman–Crippen MR) is 77.2 cm³/mol. The van der Waals surface area contributed by atoms with Crippen molar-refractivity contribution >= 4 is 11.7 Å². The van der Waals surface area contributed by atoms with E-state index in [9.17, 15) is 9.18 Å². The molecule has 0 aliphatic heterocycles. The number of anilines is 1. The molecule has 0 atom stereocenters. The Hall–Kier alpha value is -1.65. The molecule has 1 heterocycles. The molecule has 0 saturated heterocycles. The van der Waals surface area contributed by atoms with Gasteiger partial charge in [-0.25, -0.2) is 9.37 Å². The molecule has 0 unspecified atom stereocenters. The molecular formula is C15H22FN3O. The third kappa shape index (κ3) is 3.46. The second kappa shape index (κ2) is 6.68. The molecule has 2 rings (SSSR count). The molecular weight excluding hydrogens is 257 g/mol. The molecule has 0 spiro atoms. The summed E-state index contributed by atoms with van der Waals surface area (Å²) in [6.07, 6.45) is 6.15. The number of nitrogens with one attached hydrogen (secondary N) is 2. The van der Waals surface area contributed by atoms with E-state index in [0.717, 1.165) is 18.8 Å². The summed E-state index contributed by atoms with van der Waals surface area (Å²) in [7, 11) is 1.58. The third-order valence-corrected chi connectivity index (χ3v) is 4.06. The first-order chi connectivity index (χ1) is 9.61. The molecule has 1 aliphatic carbocycles. The summed E-state index contributed by atoms with van der Waals surface area (Å²) in [6, 6.07) is 1.41. The molecule has 1 fully saturated rings. The minimum Gasteiger partial charge on any atom is -0.371 e. The fourth-order valence-corrected chi connectivity index (χ4v) is 2.66. The normalized spacial score (nSPS) is 22.4. The monoisotopic (exact) mass is 279 g/mol. The van der Waals surface area contributed by atoms with Crippen LogP contribution < -0.4 is 10.6 Å². The van der Waals surface area contributed by atoms with Crippen LogP contribution in [-0.2, 0) is 0 Å². The molecule has 1 aromatic rings. The second-order valence-corrected chi connectivity index (χ2v) is 5.61. The lowest BCUT2D eigenvalue weighted by molar-refractivity contribution is 0.0938. The zero-order valence-corrected chi connectivity index (χ0v) is 12.1. The van der Waals surface area contributed by atoms with Gasteiger partial charge in [0, 0.05) is 19.8 Å². The number of nitrogens with zero attached hydrogens (tertiary/aromatic N) is 1. The van der Waals surface area contributed by atoms with Gasteiger partial charge >= 0.3 is 0 Å². The molecule has 2 N–H and O–H groups in total.